The number of fused-ring (bicyclic) bond motifs is 1. The highest BCUT2D eigenvalue weighted by Gasteiger charge is 2.32. The Balaban J connectivity index is 2.00. The lowest BCUT2D eigenvalue weighted by molar-refractivity contribution is 0.0743. The number of anilines is 1. The molecule has 1 aliphatic rings. The number of benzene rings is 2. The number of halogens is 2. The first-order valence-corrected chi connectivity index (χ1v) is 17.9. The van der Waals surface area contributed by atoms with Gasteiger partial charge in [-0.3, -0.25) is 4.79 Å². The van der Waals surface area contributed by atoms with E-state index < -0.39 is 0 Å². The van der Waals surface area contributed by atoms with Crippen molar-refractivity contribution in [3.63, 3.8) is 0 Å². The molecule has 1 amide bonds. The molecule has 1 unspecified atom stereocenters. The summed E-state index contributed by atoms with van der Waals surface area (Å²) in [5, 5.41) is 0. The van der Waals surface area contributed by atoms with E-state index in [2.05, 4.69) is 56.3 Å². The van der Waals surface area contributed by atoms with Gasteiger partial charge in [-0.15, -0.1) is 0 Å². The van der Waals surface area contributed by atoms with Crippen molar-refractivity contribution in [2.24, 2.45) is 5.92 Å². The van der Waals surface area contributed by atoms with Crippen LogP contribution < -0.4 is 18.8 Å². The van der Waals surface area contributed by atoms with Gasteiger partial charge in [0.15, 0.2) is 5.75 Å². The van der Waals surface area contributed by atoms with Crippen molar-refractivity contribution in [2.75, 3.05) is 12.3 Å². The van der Waals surface area contributed by atoms with Crippen LogP contribution in [0.1, 0.15) is 66.6 Å². The third-order valence-corrected chi connectivity index (χ3v) is 7.78. The molecule has 0 spiro atoms. The number of hydrogen-bond donors (Lipinski definition) is 1. The molecule has 2 aromatic rings. The summed E-state index contributed by atoms with van der Waals surface area (Å²) in [6, 6.07) is 7.60. The largest absolute Gasteiger partial charge is 0.492 e. The molecule has 0 fully saturated rings. The van der Waals surface area contributed by atoms with Gasteiger partial charge >= 0.3 is 0 Å². The summed E-state index contributed by atoms with van der Waals surface area (Å²) in [5.74, 6) is 1.89. The Bertz CT molecular complexity index is 1010. The van der Waals surface area contributed by atoms with Crippen LogP contribution in [0.15, 0.2) is 24.3 Å². The molecular formula is C24H30I2N2O4S2. The molecule has 1 aliphatic heterocycles. The number of ether oxygens (including phenoxy) is 1. The second kappa shape index (κ2) is 13.5. The maximum Gasteiger partial charge on any atom is 0.262 e. The molecule has 34 heavy (non-hydrogen) atoms. The normalized spacial score (nSPS) is 13.5. The first-order chi connectivity index (χ1) is 16.4. The lowest BCUT2D eigenvalue weighted by Crippen LogP contribution is -2.27. The Morgan fingerprint density at radius 2 is 1.91 bits per heavy atom. The van der Waals surface area contributed by atoms with E-state index in [4.69, 9.17) is 18.8 Å². The summed E-state index contributed by atoms with van der Waals surface area (Å²) < 4.78 is 18.1. The standard InChI is InChI=1S/C24H30I2N2O4S2/c1-4-6-8-16(5-2)14-30-23-15(3)20(31-33-25)11-21(32-34-26)22(23)24(29)28-12-17-9-7-10-19(27)18(17)13-28/h7,9-11,16H,4-6,8,12-14,27H2,1-3H3. The fourth-order valence-corrected chi connectivity index (χ4v) is 5.77. The average Bonchev–Trinajstić information content (AvgIpc) is 3.27. The fraction of sp³-hybridized carbons (Fsp3) is 0.458. The number of carbonyl (C=O) groups excluding carboxylic acids is 1. The van der Waals surface area contributed by atoms with Crippen molar-refractivity contribution in [3.8, 4) is 17.2 Å². The Kier molecular flexibility index (Phi) is 11.1. The zero-order valence-corrected chi connectivity index (χ0v) is 25.5. The summed E-state index contributed by atoms with van der Waals surface area (Å²) in [4.78, 5) is 15.7. The highest BCUT2D eigenvalue weighted by Crippen LogP contribution is 2.44. The van der Waals surface area contributed by atoms with E-state index in [0.717, 1.165) is 51.6 Å². The van der Waals surface area contributed by atoms with Crippen molar-refractivity contribution in [1.82, 2.24) is 4.90 Å². The van der Waals surface area contributed by atoms with Crippen molar-refractivity contribution in [3.05, 3.63) is 46.5 Å². The van der Waals surface area contributed by atoms with Gasteiger partial charge in [-0.25, -0.2) is 0 Å². The van der Waals surface area contributed by atoms with Crippen LogP contribution in [0.3, 0.4) is 0 Å². The van der Waals surface area contributed by atoms with E-state index in [9.17, 15) is 4.79 Å². The van der Waals surface area contributed by atoms with E-state index in [1.807, 2.05) is 25.1 Å². The van der Waals surface area contributed by atoms with Crippen LogP contribution in [0.2, 0.25) is 0 Å². The van der Waals surface area contributed by atoms with E-state index in [0.29, 0.717) is 54.1 Å². The SMILES string of the molecule is CCCCC(CC)COc1c(C)c(OSI)cc(OSI)c1C(=O)N1Cc2cccc(N)c2C1. The van der Waals surface area contributed by atoms with Crippen LogP contribution in [0.5, 0.6) is 17.2 Å². The quantitative estimate of drug-likeness (QED) is 0.135. The van der Waals surface area contributed by atoms with Crippen molar-refractivity contribution >= 4 is 72.4 Å². The molecule has 2 aromatic carbocycles. The fourth-order valence-electron chi connectivity index (χ4n) is 4.16. The van der Waals surface area contributed by atoms with Gasteiger partial charge in [0.05, 0.1) is 6.61 Å². The molecule has 0 saturated heterocycles. The maximum atomic E-state index is 13.9. The van der Waals surface area contributed by atoms with Crippen LogP contribution >= 0.6 is 60.8 Å². The van der Waals surface area contributed by atoms with Crippen LogP contribution in [0, 0.1) is 12.8 Å². The minimum absolute atomic E-state index is 0.135. The number of amides is 1. The summed E-state index contributed by atoms with van der Waals surface area (Å²) >= 11 is 4.14. The molecule has 10 heteroatoms. The van der Waals surface area contributed by atoms with Crippen LogP contribution in [-0.2, 0) is 13.1 Å². The monoisotopic (exact) mass is 728 g/mol. The lowest BCUT2D eigenvalue weighted by Gasteiger charge is -2.24. The number of nitrogen functional groups attached to an aromatic ring is 1. The minimum Gasteiger partial charge on any atom is -0.492 e. The van der Waals surface area contributed by atoms with Crippen LogP contribution in [0.4, 0.5) is 5.69 Å². The predicted octanol–water partition coefficient (Wildman–Crippen LogP) is 8.08. The van der Waals surface area contributed by atoms with Gasteiger partial charge in [0.1, 0.15) is 35.5 Å². The maximum absolute atomic E-state index is 13.9. The number of unbranched alkanes of at least 4 members (excludes halogenated alkanes) is 1. The molecular weight excluding hydrogens is 698 g/mol. The van der Waals surface area contributed by atoms with Crippen LogP contribution in [-0.4, -0.2) is 17.4 Å². The smallest absolute Gasteiger partial charge is 0.262 e. The minimum atomic E-state index is -0.135. The first kappa shape index (κ1) is 27.9. The number of rotatable bonds is 12. The third kappa shape index (κ3) is 6.52. The molecule has 1 heterocycles. The molecule has 0 aliphatic carbocycles. The van der Waals surface area contributed by atoms with Gasteiger partial charge in [0.25, 0.3) is 5.91 Å². The second-order valence-electron chi connectivity index (χ2n) is 8.37. The predicted molar refractivity (Wildman–Crippen MR) is 159 cm³/mol. The Hall–Kier alpha value is -0.730. The van der Waals surface area contributed by atoms with Gasteiger partial charge in [0.2, 0.25) is 0 Å². The molecule has 6 nitrogen and oxygen atoms in total. The van der Waals surface area contributed by atoms with E-state index >= 15 is 0 Å². The number of nitrogens with zero attached hydrogens (tertiary/aromatic N) is 1. The Morgan fingerprint density at radius 3 is 2.56 bits per heavy atom. The van der Waals surface area contributed by atoms with E-state index in [1.54, 1.807) is 11.0 Å². The highest BCUT2D eigenvalue weighted by molar-refractivity contribution is 14.2. The van der Waals surface area contributed by atoms with Gasteiger partial charge in [-0.2, -0.15) is 0 Å². The third-order valence-electron chi connectivity index (χ3n) is 6.22. The van der Waals surface area contributed by atoms with E-state index in [1.165, 1.54) is 9.21 Å². The zero-order chi connectivity index (χ0) is 24.7. The van der Waals surface area contributed by atoms with Crippen LogP contribution in [0.25, 0.3) is 0 Å². The van der Waals surface area contributed by atoms with Gasteiger partial charge in [-0.1, -0.05) is 45.2 Å². The zero-order valence-electron chi connectivity index (χ0n) is 19.6. The number of hydrogen-bond acceptors (Lipinski definition) is 7. The highest BCUT2D eigenvalue weighted by atomic mass is 127. The number of nitrogens with two attached hydrogens (primary N) is 1. The van der Waals surface area contributed by atoms with Crippen molar-refractivity contribution in [2.45, 2.75) is 59.5 Å². The first-order valence-electron chi connectivity index (χ1n) is 11.3. The van der Waals surface area contributed by atoms with Crippen molar-refractivity contribution < 1.29 is 17.9 Å². The topological polar surface area (TPSA) is 74.0 Å². The molecule has 1 atom stereocenters. The second-order valence-corrected chi connectivity index (χ2v) is 11.1. The molecule has 0 radical (unpaired) electrons. The molecule has 0 saturated carbocycles. The Labute approximate surface area is 235 Å². The average molecular weight is 728 g/mol. The molecule has 2 N–H and O–H groups in total. The summed E-state index contributed by atoms with van der Waals surface area (Å²) in [6.07, 6.45) is 4.44. The lowest BCUT2D eigenvalue weighted by atomic mass is 10.00. The Morgan fingerprint density at radius 1 is 1.18 bits per heavy atom. The van der Waals surface area contributed by atoms with Crippen molar-refractivity contribution in [1.29, 1.82) is 0 Å². The summed E-state index contributed by atoms with van der Waals surface area (Å²) in [6.45, 7) is 7.82. The molecule has 0 bridgehead atoms. The van der Waals surface area contributed by atoms with Gasteiger partial charge in [-0.05, 0) is 36.5 Å². The molecule has 186 valence electrons. The molecule has 3 rings (SSSR count). The van der Waals surface area contributed by atoms with E-state index in [-0.39, 0.29) is 5.91 Å². The van der Waals surface area contributed by atoms with Gasteiger partial charge < -0.3 is 23.7 Å². The summed E-state index contributed by atoms with van der Waals surface area (Å²) in [5.41, 5.74) is 10.2. The summed E-state index contributed by atoms with van der Waals surface area (Å²) in [7, 11) is 2.38. The number of carbonyl (C=O) groups is 1. The molecule has 0 aromatic heterocycles. The van der Waals surface area contributed by atoms with Gasteiger partial charge in [0, 0.05) is 72.8 Å².